The van der Waals surface area contributed by atoms with Crippen molar-refractivity contribution in [1.29, 1.82) is 0 Å². The molecule has 0 saturated carbocycles. The number of rotatable bonds is 7. The van der Waals surface area contributed by atoms with Crippen LogP contribution in [0.2, 0.25) is 0 Å². The lowest BCUT2D eigenvalue weighted by Gasteiger charge is -2.21. The number of carbonyl (C=O) groups is 2. The molecule has 0 spiro atoms. The van der Waals surface area contributed by atoms with Crippen LogP contribution in [-0.2, 0) is 10.5 Å². The summed E-state index contributed by atoms with van der Waals surface area (Å²) >= 11 is 2.50. The van der Waals surface area contributed by atoms with Gasteiger partial charge in [0.05, 0.1) is 18.1 Å². The molecule has 0 aliphatic carbocycles. The highest BCUT2D eigenvalue weighted by Crippen LogP contribution is 2.44. The normalized spacial score (nSPS) is 16.1. The number of nitrogens with zero attached hydrogens (tertiary/aromatic N) is 3. The Labute approximate surface area is 194 Å². The maximum Gasteiger partial charge on any atom is 0.296 e. The third-order valence-electron chi connectivity index (χ3n) is 4.89. The van der Waals surface area contributed by atoms with Gasteiger partial charge in [0, 0.05) is 5.75 Å². The molecule has 5 rings (SSSR count). The van der Waals surface area contributed by atoms with E-state index >= 15 is 0 Å². The van der Waals surface area contributed by atoms with E-state index in [9.17, 15) is 19.1 Å². The summed E-state index contributed by atoms with van der Waals surface area (Å²) in [6.07, 6.45) is 2.74. The minimum absolute atomic E-state index is 0.0180. The van der Waals surface area contributed by atoms with E-state index in [1.807, 2.05) is 0 Å². The fourth-order valence-corrected chi connectivity index (χ4v) is 5.20. The second-order valence-corrected chi connectivity index (χ2v) is 9.11. The third kappa shape index (κ3) is 3.96. The average molecular weight is 484 g/mol. The molecule has 0 bridgehead atoms. The molecule has 166 valence electrons. The zero-order chi connectivity index (χ0) is 22.9. The van der Waals surface area contributed by atoms with Crippen LogP contribution in [0, 0.1) is 5.82 Å². The van der Waals surface area contributed by atoms with E-state index in [1.165, 1.54) is 53.5 Å². The van der Waals surface area contributed by atoms with Crippen molar-refractivity contribution in [2.75, 3.05) is 4.90 Å². The number of carbonyl (C=O) groups excluding carboxylic acids is 2. The Hall–Kier alpha value is -3.70. The van der Waals surface area contributed by atoms with Gasteiger partial charge < -0.3 is 13.9 Å². The quantitative estimate of drug-likeness (QED) is 0.224. The zero-order valence-corrected chi connectivity index (χ0v) is 18.3. The topological polar surface area (TPSA) is 110 Å². The molecule has 0 radical (unpaired) electrons. The number of aliphatic hydroxyl groups excluding tert-OH is 1. The van der Waals surface area contributed by atoms with Crippen molar-refractivity contribution in [3.05, 3.63) is 95.3 Å². The lowest BCUT2D eigenvalue weighted by Crippen LogP contribution is -2.30. The van der Waals surface area contributed by atoms with Crippen LogP contribution in [-0.4, -0.2) is 27.0 Å². The maximum atomic E-state index is 13.1. The second-order valence-electron chi connectivity index (χ2n) is 6.93. The van der Waals surface area contributed by atoms with Crippen molar-refractivity contribution in [1.82, 2.24) is 10.2 Å². The lowest BCUT2D eigenvalue weighted by molar-refractivity contribution is -0.117. The van der Waals surface area contributed by atoms with E-state index < -0.39 is 23.5 Å². The number of amides is 1. The first-order chi connectivity index (χ1) is 16.0. The maximum absolute atomic E-state index is 13.1. The van der Waals surface area contributed by atoms with Crippen LogP contribution >= 0.6 is 23.1 Å². The van der Waals surface area contributed by atoms with Crippen LogP contribution < -0.4 is 4.90 Å². The molecular formula is C22H14FN3O5S2. The van der Waals surface area contributed by atoms with Gasteiger partial charge >= 0.3 is 0 Å². The van der Waals surface area contributed by atoms with Gasteiger partial charge in [-0.3, -0.25) is 14.5 Å². The summed E-state index contributed by atoms with van der Waals surface area (Å²) in [7, 11) is 0. The standard InChI is InChI=1S/C22H14FN3O5S2/c23-13-7-5-12(6-8-13)11-32-22-25-24-21(33-22)26-17(14-3-1-9-30-14)16(19(28)20(26)29)18(27)15-4-2-10-31-15/h1-10,17,28H,11H2/t17-/m1/s1. The smallest absolute Gasteiger partial charge is 0.296 e. The molecule has 1 aliphatic rings. The summed E-state index contributed by atoms with van der Waals surface area (Å²) in [5, 5.41) is 19.0. The Kier molecular flexibility index (Phi) is 5.56. The summed E-state index contributed by atoms with van der Waals surface area (Å²) in [6, 6.07) is 11.3. The number of benzene rings is 1. The number of hydrogen-bond acceptors (Lipinski definition) is 9. The first-order valence-electron chi connectivity index (χ1n) is 9.62. The van der Waals surface area contributed by atoms with E-state index in [1.54, 1.807) is 24.3 Å². The fraction of sp³-hybridized carbons (Fsp3) is 0.0909. The predicted molar refractivity (Wildman–Crippen MR) is 117 cm³/mol. The summed E-state index contributed by atoms with van der Waals surface area (Å²) in [4.78, 5) is 27.2. The molecule has 11 heteroatoms. The molecule has 4 heterocycles. The molecule has 0 saturated heterocycles. The summed E-state index contributed by atoms with van der Waals surface area (Å²) in [6.45, 7) is 0. The number of aromatic nitrogens is 2. The Bertz CT molecular complexity index is 1330. The monoisotopic (exact) mass is 483 g/mol. The van der Waals surface area contributed by atoms with E-state index in [-0.39, 0.29) is 28.0 Å². The number of anilines is 1. The molecule has 1 aliphatic heterocycles. The number of Topliss-reactive ketones (excluding diaryl/α,β-unsaturated/α-hetero) is 1. The molecule has 1 atom stereocenters. The van der Waals surface area contributed by atoms with Crippen molar-refractivity contribution >= 4 is 39.9 Å². The van der Waals surface area contributed by atoms with Gasteiger partial charge in [-0.25, -0.2) is 4.39 Å². The average Bonchev–Trinajstić information content (AvgIpc) is 3.62. The molecule has 3 aromatic heterocycles. The van der Waals surface area contributed by atoms with Crippen LogP contribution in [0.25, 0.3) is 0 Å². The summed E-state index contributed by atoms with van der Waals surface area (Å²) in [5.41, 5.74) is 0.732. The third-order valence-corrected chi connectivity index (χ3v) is 7.01. The van der Waals surface area contributed by atoms with E-state index in [2.05, 4.69) is 10.2 Å². The van der Waals surface area contributed by atoms with Crippen LogP contribution in [0.4, 0.5) is 9.52 Å². The largest absolute Gasteiger partial charge is 0.503 e. The molecule has 4 aromatic rings. The number of hydrogen-bond donors (Lipinski definition) is 1. The van der Waals surface area contributed by atoms with Gasteiger partial charge in [-0.1, -0.05) is 35.2 Å². The SMILES string of the molecule is O=C(C1=C(O)C(=O)N(c2nnc(SCc3ccc(F)cc3)s2)[C@@H]1c1ccco1)c1ccco1. The fourth-order valence-electron chi connectivity index (χ4n) is 3.37. The molecule has 8 nitrogen and oxygen atoms in total. The number of halogens is 1. The van der Waals surface area contributed by atoms with Gasteiger partial charge in [0.15, 0.2) is 15.9 Å². The summed E-state index contributed by atoms with van der Waals surface area (Å²) < 4.78 is 24.3. The van der Waals surface area contributed by atoms with Gasteiger partial charge in [-0.15, -0.1) is 10.2 Å². The van der Waals surface area contributed by atoms with Crippen molar-refractivity contribution in [2.24, 2.45) is 0 Å². The second kappa shape index (κ2) is 8.68. The van der Waals surface area contributed by atoms with Gasteiger partial charge in [0.25, 0.3) is 5.91 Å². The number of thioether (sulfide) groups is 1. The predicted octanol–water partition coefficient (Wildman–Crippen LogP) is 4.94. The number of furan rings is 2. The zero-order valence-electron chi connectivity index (χ0n) is 16.7. The first kappa shape index (κ1) is 21.2. The Morgan fingerprint density at radius 3 is 2.58 bits per heavy atom. The molecular weight excluding hydrogens is 469 g/mol. The molecule has 1 N–H and O–H groups in total. The van der Waals surface area contributed by atoms with Crippen LogP contribution in [0.15, 0.2) is 85.6 Å². The number of aliphatic hydroxyl groups is 1. The molecule has 33 heavy (non-hydrogen) atoms. The van der Waals surface area contributed by atoms with Gasteiger partial charge in [-0.05, 0) is 42.0 Å². The summed E-state index contributed by atoms with van der Waals surface area (Å²) in [5.74, 6) is -1.66. The van der Waals surface area contributed by atoms with Crippen LogP contribution in [0.1, 0.15) is 27.9 Å². The van der Waals surface area contributed by atoms with Crippen molar-refractivity contribution in [2.45, 2.75) is 16.1 Å². The Morgan fingerprint density at radius 2 is 1.88 bits per heavy atom. The molecule has 0 unspecified atom stereocenters. The minimum atomic E-state index is -1.03. The molecule has 1 aromatic carbocycles. The lowest BCUT2D eigenvalue weighted by atomic mass is 10.00. The minimum Gasteiger partial charge on any atom is -0.503 e. The highest BCUT2D eigenvalue weighted by molar-refractivity contribution is 8.00. The van der Waals surface area contributed by atoms with Crippen LogP contribution in [0.5, 0.6) is 0 Å². The number of ketones is 1. The Balaban J connectivity index is 1.44. The highest BCUT2D eigenvalue weighted by atomic mass is 32.2. The first-order valence-corrected chi connectivity index (χ1v) is 11.4. The van der Waals surface area contributed by atoms with Crippen molar-refractivity contribution in [3.63, 3.8) is 0 Å². The van der Waals surface area contributed by atoms with E-state index in [4.69, 9.17) is 8.83 Å². The Morgan fingerprint density at radius 1 is 1.12 bits per heavy atom. The van der Waals surface area contributed by atoms with Crippen molar-refractivity contribution < 1.29 is 27.9 Å². The highest BCUT2D eigenvalue weighted by Gasteiger charge is 2.48. The van der Waals surface area contributed by atoms with Gasteiger partial charge in [0.1, 0.15) is 17.6 Å². The van der Waals surface area contributed by atoms with Gasteiger partial charge in [-0.2, -0.15) is 0 Å². The molecule has 0 fully saturated rings. The van der Waals surface area contributed by atoms with E-state index in [0.717, 1.165) is 16.9 Å². The van der Waals surface area contributed by atoms with Crippen LogP contribution in [0.3, 0.4) is 0 Å². The van der Waals surface area contributed by atoms with Crippen molar-refractivity contribution in [3.8, 4) is 0 Å². The molecule has 1 amide bonds. The van der Waals surface area contributed by atoms with Gasteiger partial charge in [0.2, 0.25) is 10.9 Å². The van der Waals surface area contributed by atoms with E-state index in [0.29, 0.717) is 10.1 Å².